The third-order valence-corrected chi connectivity index (χ3v) is 7.30. The lowest BCUT2D eigenvalue weighted by molar-refractivity contribution is 0.102. The fourth-order valence-corrected chi connectivity index (χ4v) is 5.46. The molecule has 1 saturated heterocycles. The van der Waals surface area contributed by atoms with Gasteiger partial charge in [0.1, 0.15) is 5.75 Å². The van der Waals surface area contributed by atoms with Crippen molar-refractivity contribution in [3.63, 3.8) is 0 Å². The van der Waals surface area contributed by atoms with E-state index in [2.05, 4.69) is 10.4 Å². The van der Waals surface area contributed by atoms with E-state index in [-0.39, 0.29) is 29.1 Å². The summed E-state index contributed by atoms with van der Waals surface area (Å²) >= 11 is 0. The highest BCUT2D eigenvalue weighted by atomic mass is 32.2. The van der Waals surface area contributed by atoms with Crippen LogP contribution in [0.5, 0.6) is 5.75 Å². The van der Waals surface area contributed by atoms with Gasteiger partial charge in [-0.25, -0.2) is 8.42 Å². The molecule has 1 unspecified atom stereocenters. The van der Waals surface area contributed by atoms with Gasteiger partial charge in [-0.2, -0.15) is 5.10 Å². The Hall–Kier alpha value is -3.33. The van der Waals surface area contributed by atoms with Crippen LogP contribution in [0.2, 0.25) is 0 Å². The first-order chi connectivity index (χ1) is 15.3. The van der Waals surface area contributed by atoms with Crippen molar-refractivity contribution >= 4 is 27.1 Å². The predicted octanol–water partition coefficient (Wildman–Crippen LogP) is 3.24. The van der Waals surface area contributed by atoms with E-state index < -0.39 is 9.84 Å². The number of nitrogens with one attached hydrogen (secondary N) is 1. The first kappa shape index (κ1) is 21.9. The standard InChI is InChI=1S/C23H26N4O4S/c1-26(2)18-8-6-17(7-9-18)24-23(28)21-14-22(16-4-10-20(31-3)11-5-16)27(25-21)19-12-13-32(29,30)15-19/h4-11,14,19H,12-13,15H2,1-3H3,(H,24,28). The molecule has 1 aromatic heterocycles. The SMILES string of the molecule is COc1ccc(-c2cc(C(=O)Nc3ccc(N(C)C)cc3)nn2C2CCS(=O)(=O)C2)cc1. The lowest BCUT2D eigenvalue weighted by Gasteiger charge is -2.13. The number of hydrogen-bond acceptors (Lipinski definition) is 6. The second-order valence-electron chi connectivity index (χ2n) is 8.04. The lowest BCUT2D eigenvalue weighted by Crippen LogP contribution is -2.16. The predicted molar refractivity (Wildman–Crippen MR) is 125 cm³/mol. The van der Waals surface area contributed by atoms with Gasteiger partial charge in [0.25, 0.3) is 5.91 Å². The van der Waals surface area contributed by atoms with Gasteiger partial charge in [-0.15, -0.1) is 0 Å². The maximum absolute atomic E-state index is 12.9. The van der Waals surface area contributed by atoms with E-state index in [1.807, 2.05) is 67.5 Å². The van der Waals surface area contributed by atoms with E-state index in [9.17, 15) is 13.2 Å². The van der Waals surface area contributed by atoms with E-state index in [0.717, 1.165) is 11.3 Å². The molecule has 4 rings (SSSR count). The zero-order valence-corrected chi connectivity index (χ0v) is 19.1. The summed E-state index contributed by atoms with van der Waals surface area (Å²) in [5.74, 6) is 0.504. The molecule has 2 heterocycles. The number of benzene rings is 2. The Morgan fingerprint density at radius 3 is 2.38 bits per heavy atom. The number of anilines is 2. The van der Waals surface area contributed by atoms with E-state index in [1.165, 1.54) is 0 Å². The Morgan fingerprint density at radius 1 is 1.12 bits per heavy atom. The topological polar surface area (TPSA) is 93.5 Å². The van der Waals surface area contributed by atoms with E-state index in [4.69, 9.17) is 4.74 Å². The lowest BCUT2D eigenvalue weighted by atomic mass is 10.1. The molecule has 168 valence electrons. The molecule has 1 atom stereocenters. The largest absolute Gasteiger partial charge is 0.497 e. The molecular formula is C23H26N4O4S. The monoisotopic (exact) mass is 454 g/mol. The van der Waals surface area contributed by atoms with Gasteiger partial charge in [0.2, 0.25) is 0 Å². The number of rotatable bonds is 6. The molecule has 1 fully saturated rings. The van der Waals surface area contributed by atoms with Gasteiger partial charge in [0.15, 0.2) is 15.5 Å². The summed E-state index contributed by atoms with van der Waals surface area (Å²) < 4.78 is 31.0. The highest BCUT2D eigenvalue weighted by molar-refractivity contribution is 7.91. The summed E-state index contributed by atoms with van der Waals surface area (Å²) in [4.78, 5) is 14.9. The molecule has 1 aliphatic rings. The number of carbonyl (C=O) groups excluding carboxylic acids is 1. The highest BCUT2D eigenvalue weighted by Gasteiger charge is 2.32. The summed E-state index contributed by atoms with van der Waals surface area (Å²) in [6, 6.07) is 16.3. The minimum atomic E-state index is -3.11. The number of aromatic nitrogens is 2. The van der Waals surface area contributed by atoms with Gasteiger partial charge in [0.05, 0.1) is 30.4 Å². The van der Waals surface area contributed by atoms with Crippen molar-refractivity contribution in [1.82, 2.24) is 9.78 Å². The molecule has 9 heteroatoms. The van der Waals surface area contributed by atoms with E-state index in [0.29, 0.717) is 23.6 Å². The van der Waals surface area contributed by atoms with Crippen molar-refractivity contribution < 1.29 is 17.9 Å². The quantitative estimate of drug-likeness (QED) is 0.615. The van der Waals surface area contributed by atoms with Gasteiger partial charge in [-0.3, -0.25) is 9.48 Å². The molecule has 0 bridgehead atoms. The number of methoxy groups -OCH3 is 1. The van der Waals surface area contributed by atoms with Gasteiger partial charge in [-0.05, 0) is 61.0 Å². The molecule has 0 spiro atoms. The number of amides is 1. The summed E-state index contributed by atoms with van der Waals surface area (Å²) in [6.07, 6.45) is 0.472. The number of ether oxygens (including phenoxy) is 1. The van der Waals surface area contributed by atoms with Crippen molar-refractivity contribution in [2.24, 2.45) is 0 Å². The number of hydrogen-bond donors (Lipinski definition) is 1. The Labute approximate surface area is 187 Å². The molecule has 8 nitrogen and oxygen atoms in total. The van der Waals surface area contributed by atoms with Gasteiger partial charge in [-0.1, -0.05) is 0 Å². The van der Waals surface area contributed by atoms with Gasteiger partial charge in [0, 0.05) is 31.0 Å². The fraction of sp³-hybridized carbons (Fsp3) is 0.304. The molecule has 2 aromatic carbocycles. The second kappa shape index (κ2) is 8.66. The molecular weight excluding hydrogens is 428 g/mol. The maximum atomic E-state index is 12.9. The van der Waals surface area contributed by atoms with Gasteiger partial charge >= 0.3 is 0 Å². The van der Waals surface area contributed by atoms with Crippen molar-refractivity contribution in [3.8, 4) is 17.0 Å². The third-order valence-electron chi connectivity index (χ3n) is 5.55. The number of carbonyl (C=O) groups is 1. The molecule has 0 saturated carbocycles. The smallest absolute Gasteiger partial charge is 0.276 e. The molecule has 3 aromatic rings. The normalized spacial score (nSPS) is 17.2. The van der Waals surface area contributed by atoms with Crippen LogP contribution in [0.3, 0.4) is 0 Å². The minimum absolute atomic E-state index is 0.0187. The summed E-state index contributed by atoms with van der Waals surface area (Å²) in [6.45, 7) is 0. The fourth-order valence-electron chi connectivity index (χ4n) is 3.77. The Bertz CT molecular complexity index is 1220. The van der Waals surface area contributed by atoms with Crippen LogP contribution in [0.15, 0.2) is 54.6 Å². The van der Waals surface area contributed by atoms with Crippen LogP contribution in [0.1, 0.15) is 23.0 Å². The summed E-state index contributed by atoms with van der Waals surface area (Å²) in [7, 11) is 2.38. The highest BCUT2D eigenvalue weighted by Crippen LogP contribution is 2.31. The average molecular weight is 455 g/mol. The maximum Gasteiger partial charge on any atom is 0.276 e. The first-order valence-electron chi connectivity index (χ1n) is 10.3. The van der Waals surface area contributed by atoms with Crippen LogP contribution in [0.25, 0.3) is 11.3 Å². The van der Waals surface area contributed by atoms with E-state index >= 15 is 0 Å². The van der Waals surface area contributed by atoms with Crippen molar-refractivity contribution in [2.45, 2.75) is 12.5 Å². The van der Waals surface area contributed by atoms with Crippen molar-refractivity contribution in [3.05, 3.63) is 60.3 Å². The third kappa shape index (κ3) is 4.62. The Kier molecular flexibility index (Phi) is 5.92. The van der Waals surface area contributed by atoms with Crippen LogP contribution >= 0.6 is 0 Å². The zero-order valence-electron chi connectivity index (χ0n) is 18.3. The van der Waals surface area contributed by atoms with Crippen LogP contribution in [0, 0.1) is 0 Å². The minimum Gasteiger partial charge on any atom is -0.497 e. The summed E-state index contributed by atoms with van der Waals surface area (Å²) in [5.41, 5.74) is 3.44. The first-order valence-corrected chi connectivity index (χ1v) is 12.1. The Morgan fingerprint density at radius 2 is 1.81 bits per heavy atom. The van der Waals surface area contributed by atoms with Crippen molar-refractivity contribution in [2.75, 3.05) is 42.9 Å². The molecule has 0 radical (unpaired) electrons. The number of nitrogens with zero attached hydrogens (tertiary/aromatic N) is 3. The molecule has 1 N–H and O–H groups in total. The molecule has 1 amide bonds. The van der Waals surface area contributed by atoms with Crippen LogP contribution in [-0.2, 0) is 9.84 Å². The molecule has 0 aliphatic carbocycles. The summed E-state index contributed by atoms with van der Waals surface area (Å²) in [5, 5.41) is 7.39. The molecule has 1 aliphatic heterocycles. The Balaban J connectivity index is 1.65. The van der Waals surface area contributed by atoms with Crippen LogP contribution in [0.4, 0.5) is 11.4 Å². The second-order valence-corrected chi connectivity index (χ2v) is 10.3. The van der Waals surface area contributed by atoms with E-state index in [1.54, 1.807) is 17.9 Å². The van der Waals surface area contributed by atoms with Crippen LogP contribution < -0.4 is 15.0 Å². The zero-order chi connectivity index (χ0) is 22.9. The van der Waals surface area contributed by atoms with Crippen LogP contribution in [-0.4, -0.2) is 56.8 Å². The average Bonchev–Trinajstić information content (AvgIpc) is 3.37. The molecule has 32 heavy (non-hydrogen) atoms. The number of sulfone groups is 1. The van der Waals surface area contributed by atoms with Gasteiger partial charge < -0.3 is 15.0 Å². The van der Waals surface area contributed by atoms with Crippen molar-refractivity contribution in [1.29, 1.82) is 0 Å².